The van der Waals surface area contributed by atoms with Gasteiger partial charge in [0.2, 0.25) is 11.8 Å². The van der Waals surface area contributed by atoms with Gasteiger partial charge in [0.15, 0.2) is 0 Å². The molecular weight excluding hydrogens is 278 g/mol. The minimum atomic E-state index is -0.290. The summed E-state index contributed by atoms with van der Waals surface area (Å²) in [5.41, 5.74) is 1.10. The molecule has 5 nitrogen and oxygen atoms in total. The van der Waals surface area contributed by atoms with Gasteiger partial charge >= 0.3 is 0 Å². The predicted octanol–water partition coefficient (Wildman–Crippen LogP) is 1.92. The fourth-order valence-corrected chi connectivity index (χ4v) is 2.85. The first-order chi connectivity index (χ1) is 10.7. The number of carbonyl (C=O) groups excluding carboxylic acids is 2. The largest absolute Gasteiger partial charge is 0.354 e. The second-order valence-electron chi connectivity index (χ2n) is 5.75. The molecule has 1 N–H and O–H groups in total. The minimum absolute atomic E-state index is 0.0203. The second kappa shape index (κ2) is 8.51. The molecule has 22 heavy (non-hydrogen) atoms. The predicted molar refractivity (Wildman–Crippen MR) is 85.2 cm³/mol. The molecule has 1 aliphatic rings. The maximum absolute atomic E-state index is 12.4. The van der Waals surface area contributed by atoms with Crippen LogP contribution in [0.1, 0.15) is 44.6 Å². The second-order valence-corrected chi connectivity index (χ2v) is 5.75. The van der Waals surface area contributed by atoms with Gasteiger partial charge in [-0.3, -0.25) is 14.6 Å². The lowest BCUT2D eigenvalue weighted by Crippen LogP contribution is -2.52. The van der Waals surface area contributed by atoms with Crippen molar-refractivity contribution in [3.8, 4) is 0 Å². The molecule has 120 valence electrons. The Morgan fingerprint density at radius 1 is 1.41 bits per heavy atom. The minimum Gasteiger partial charge on any atom is -0.354 e. The summed E-state index contributed by atoms with van der Waals surface area (Å²) in [5, 5.41) is 2.97. The van der Waals surface area contributed by atoms with E-state index in [2.05, 4.69) is 10.3 Å². The third-order valence-electron chi connectivity index (χ3n) is 4.03. The van der Waals surface area contributed by atoms with Gasteiger partial charge in [0.25, 0.3) is 0 Å². The van der Waals surface area contributed by atoms with Crippen LogP contribution < -0.4 is 5.32 Å². The summed E-state index contributed by atoms with van der Waals surface area (Å²) in [7, 11) is 0. The summed E-state index contributed by atoms with van der Waals surface area (Å²) in [5.74, 6) is 0.0858. The van der Waals surface area contributed by atoms with Gasteiger partial charge in [0.05, 0.1) is 0 Å². The summed E-state index contributed by atoms with van der Waals surface area (Å²) < 4.78 is 0. The molecule has 0 unspecified atom stereocenters. The molecule has 1 fully saturated rings. The highest BCUT2D eigenvalue weighted by molar-refractivity contribution is 5.87. The van der Waals surface area contributed by atoms with Crippen LogP contribution in [0.3, 0.4) is 0 Å². The van der Waals surface area contributed by atoms with E-state index < -0.39 is 0 Å². The summed E-state index contributed by atoms with van der Waals surface area (Å²) >= 11 is 0. The smallest absolute Gasteiger partial charge is 0.242 e. The van der Waals surface area contributed by atoms with Gasteiger partial charge in [0, 0.05) is 31.9 Å². The summed E-state index contributed by atoms with van der Waals surface area (Å²) in [6.45, 7) is 3.28. The monoisotopic (exact) mass is 303 g/mol. The van der Waals surface area contributed by atoms with E-state index in [0.717, 1.165) is 37.7 Å². The Bertz CT molecular complexity index is 490. The van der Waals surface area contributed by atoms with Gasteiger partial charge in [-0.1, -0.05) is 13.0 Å². The van der Waals surface area contributed by atoms with Crippen LogP contribution in [0.5, 0.6) is 0 Å². The van der Waals surface area contributed by atoms with Gasteiger partial charge in [-0.15, -0.1) is 0 Å². The highest BCUT2D eigenvalue weighted by Gasteiger charge is 2.31. The van der Waals surface area contributed by atoms with Crippen LogP contribution >= 0.6 is 0 Å². The number of hydrogen-bond donors (Lipinski definition) is 1. The fraction of sp³-hybridized carbons (Fsp3) is 0.588. The number of amides is 2. The summed E-state index contributed by atoms with van der Waals surface area (Å²) in [4.78, 5) is 30.4. The Morgan fingerprint density at radius 3 is 3.00 bits per heavy atom. The van der Waals surface area contributed by atoms with E-state index in [1.807, 2.05) is 25.3 Å². The van der Waals surface area contributed by atoms with Gasteiger partial charge in [-0.25, -0.2) is 0 Å². The third-order valence-corrected chi connectivity index (χ3v) is 4.03. The molecule has 0 aromatic carbocycles. The number of carbonyl (C=O) groups is 2. The Morgan fingerprint density at radius 2 is 2.27 bits per heavy atom. The molecule has 0 radical (unpaired) electrons. The lowest BCUT2D eigenvalue weighted by atomic mass is 10.0. The normalized spacial score (nSPS) is 18.0. The van der Waals surface area contributed by atoms with Crippen molar-refractivity contribution < 1.29 is 9.59 Å². The van der Waals surface area contributed by atoms with Gasteiger partial charge in [0.1, 0.15) is 6.04 Å². The Kier molecular flexibility index (Phi) is 6.37. The van der Waals surface area contributed by atoms with E-state index >= 15 is 0 Å². The van der Waals surface area contributed by atoms with Crippen LogP contribution in [0.2, 0.25) is 0 Å². The molecule has 0 bridgehead atoms. The molecule has 2 amide bonds. The lowest BCUT2D eigenvalue weighted by molar-refractivity contribution is -0.142. The fourth-order valence-electron chi connectivity index (χ4n) is 2.85. The van der Waals surface area contributed by atoms with Crippen molar-refractivity contribution in [2.24, 2.45) is 0 Å². The maximum atomic E-state index is 12.4. The number of hydrogen-bond acceptors (Lipinski definition) is 3. The Hall–Kier alpha value is -1.91. The number of piperidine rings is 1. The van der Waals surface area contributed by atoms with Gasteiger partial charge in [-0.05, 0) is 43.7 Å². The number of nitrogens with one attached hydrogen (secondary N) is 1. The van der Waals surface area contributed by atoms with E-state index in [1.54, 1.807) is 11.1 Å². The lowest BCUT2D eigenvalue weighted by Gasteiger charge is -2.34. The molecule has 1 saturated heterocycles. The van der Waals surface area contributed by atoms with Gasteiger partial charge < -0.3 is 10.2 Å². The quantitative estimate of drug-likeness (QED) is 0.873. The van der Waals surface area contributed by atoms with E-state index in [-0.39, 0.29) is 17.9 Å². The van der Waals surface area contributed by atoms with Crippen LogP contribution in [0.15, 0.2) is 24.5 Å². The van der Waals surface area contributed by atoms with Crippen molar-refractivity contribution >= 4 is 11.8 Å². The standard InChI is InChI=1S/C17H25N3O2/c1-2-6-16(21)20-12-4-3-8-15(20)17(22)19-11-9-14-7-5-10-18-13-14/h5,7,10,13,15H,2-4,6,8-9,11-12H2,1H3,(H,19,22)/t15-/m0/s1. The van der Waals surface area contributed by atoms with Crippen molar-refractivity contribution in [1.29, 1.82) is 0 Å². The number of nitrogens with zero attached hydrogens (tertiary/aromatic N) is 2. The molecule has 1 aliphatic heterocycles. The zero-order valence-corrected chi connectivity index (χ0v) is 13.3. The SMILES string of the molecule is CCCC(=O)N1CCCC[C@H]1C(=O)NCCc1cccnc1. The Balaban J connectivity index is 1.85. The van der Waals surface area contributed by atoms with E-state index in [4.69, 9.17) is 0 Å². The number of aromatic nitrogens is 1. The van der Waals surface area contributed by atoms with Crippen molar-refractivity contribution in [2.75, 3.05) is 13.1 Å². The topological polar surface area (TPSA) is 62.3 Å². The first-order valence-corrected chi connectivity index (χ1v) is 8.18. The van der Waals surface area contributed by atoms with Crippen molar-refractivity contribution in [3.63, 3.8) is 0 Å². The molecular formula is C17H25N3O2. The molecule has 2 rings (SSSR count). The van der Waals surface area contributed by atoms with E-state index in [1.165, 1.54) is 0 Å². The number of rotatable bonds is 6. The van der Waals surface area contributed by atoms with Crippen LogP contribution in [-0.2, 0) is 16.0 Å². The summed E-state index contributed by atoms with van der Waals surface area (Å²) in [6, 6.07) is 3.60. The summed E-state index contributed by atoms with van der Waals surface area (Å²) in [6.07, 6.45) is 8.43. The van der Waals surface area contributed by atoms with E-state index in [0.29, 0.717) is 19.5 Å². The van der Waals surface area contributed by atoms with Gasteiger partial charge in [-0.2, -0.15) is 0 Å². The van der Waals surface area contributed by atoms with Crippen LogP contribution in [0.25, 0.3) is 0 Å². The highest BCUT2D eigenvalue weighted by Crippen LogP contribution is 2.18. The molecule has 0 aliphatic carbocycles. The third kappa shape index (κ3) is 4.55. The highest BCUT2D eigenvalue weighted by atomic mass is 16.2. The van der Waals surface area contributed by atoms with Crippen LogP contribution in [0.4, 0.5) is 0 Å². The molecule has 0 spiro atoms. The molecule has 0 saturated carbocycles. The number of likely N-dealkylation sites (tertiary alicyclic amines) is 1. The molecule has 2 heterocycles. The first kappa shape index (κ1) is 16.5. The van der Waals surface area contributed by atoms with Crippen LogP contribution in [0, 0.1) is 0 Å². The molecule has 1 aromatic heterocycles. The van der Waals surface area contributed by atoms with Crippen LogP contribution in [-0.4, -0.2) is 40.8 Å². The first-order valence-electron chi connectivity index (χ1n) is 8.18. The average molecular weight is 303 g/mol. The number of pyridine rings is 1. The zero-order valence-electron chi connectivity index (χ0n) is 13.3. The van der Waals surface area contributed by atoms with Crippen molar-refractivity contribution in [3.05, 3.63) is 30.1 Å². The average Bonchev–Trinajstić information content (AvgIpc) is 2.56. The maximum Gasteiger partial charge on any atom is 0.242 e. The molecule has 5 heteroatoms. The Labute approximate surface area is 132 Å². The molecule has 1 aromatic rings. The van der Waals surface area contributed by atoms with Crippen molar-refractivity contribution in [2.45, 2.75) is 51.5 Å². The molecule has 1 atom stereocenters. The van der Waals surface area contributed by atoms with E-state index in [9.17, 15) is 9.59 Å². The zero-order chi connectivity index (χ0) is 15.8. The van der Waals surface area contributed by atoms with Crippen molar-refractivity contribution in [1.82, 2.24) is 15.2 Å².